The number of hydrogen-bond acceptors (Lipinski definition) is 9. The summed E-state index contributed by atoms with van der Waals surface area (Å²) >= 11 is 0. The third-order valence-corrected chi connectivity index (χ3v) is 7.71. The Hall–Kier alpha value is -4.53. The van der Waals surface area contributed by atoms with Gasteiger partial charge in [0, 0.05) is 40.9 Å². The van der Waals surface area contributed by atoms with E-state index in [1.165, 1.54) is 0 Å². The minimum absolute atomic E-state index is 0.00234. The van der Waals surface area contributed by atoms with Crippen molar-refractivity contribution in [1.82, 2.24) is 0 Å². The quantitative estimate of drug-likeness (QED) is 0.243. The molecule has 9 nitrogen and oxygen atoms in total. The molecule has 0 N–H and O–H groups in total. The number of carbonyl (C=O) groups is 3. The summed E-state index contributed by atoms with van der Waals surface area (Å²) in [4.78, 5) is 35.4. The van der Waals surface area contributed by atoms with Crippen LogP contribution in [0.15, 0.2) is 54.6 Å². The van der Waals surface area contributed by atoms with Crippen LogP contribution in [0.25, 0.3) is 0 Å². The zero-order chi connectivity index (χ0) is 34.6. The largest absolute Gasteiger partial charge is 0.490 e. The van der Waals surface area contributed by atoms with Crippen LogP contribution in [0, 0.1) is 17.8 Å². The molecule has 0 bridgehead atoms. The van der Waals surface area contributed by atoms with Gasteiger partial charge in [-0.25, -0.2) is 0 Å². The second-order valence-corrected chi connectivity index (χ2v) is 12.7. The highest BCUT2D eigenvalue weighted by molar-refractivity contribution is 5.99. The van der Waals surface area contributed by atoms with E-state index >= 15 is 0 Å². The number of ether oxygens (including phenoxy) is 6. The Labute approximate surface area is 283 Å². The molecule has 3 aliphatic heterocycles. The Balaban J connectivity index is 0.000000163. The first kappa shape index (κ1) is 36.3. The van der Waals surface area contributed by atoms with Crippen molar-refractivity contribution in [1.29, 1.82) is 0 Å². The lowest BCUT2D eigenvalue weighted by atomic mass is 10.0. The van der Waals surface area contributed by atoms with E-state index in [1.807, 2.05) is 59.7 Å². The van der Waals surface area contributed by atoms with Crippen molar-refractivity contribution >= 4 is 17.3 Å². The molecule has 0 saturated carbocycles. The van der Waals surface area contributed by atoms with Crippen LogP contribution in [-0.4, -0.2) is 57.0 Å². The molecule has 0 aliphatic carbocycles. The van der Waals surface area contributed by atoms with Gasteiger partial charge in [-0.05, 0) is 67.4 Å². The molecule has 0 saturated heterocycles. The summed E-state index contributed by atoms with van der Waals surface area (Å²) in [5.74, 6) is 4.67. The minimum atomic E-state index is 0.00234. The highest BCUT2D eigenvalue weighted by Gasteiger charge is 2.18. The number of rotatable bonds is 6. The lowest BCUT2D eigenvalue weighted by molar-refractivity contribution is 0.0931. The van der Waals surface area contributed by atoms with E-state index in [4.69, 9.17) is 28.4 Å². The Bertz CT molecular complexity index is 1560. The summed E-state index contributed by atoms with van der Waals surface area (Å²) < 4.78 is 33.1. The first-order valence-corrected chi connectivity index (χ1v) is 16.9. The Morgan fingerprint density at radius 2 is 0.667 bits per heavy atom. The molecule has 3 heterocycles. The fraction of sp³-hybridized carbons (Fsp3) is 0.462. The molecule has 3 aromatic carbocycles. The van der Waals surface area contributed by atoms with Crippen LogP contribution in [0.2, 0.25) is 0 Å². The van der Waals surface area contributed by atoms with Crippen LogP contribution in [-0.2, 0) is 0 Å². The molecule has 0 fully saturated rings. The lowest BCUT2D eigenvalue weighted by Crippen LogP contribution is -2.16. The minimum Gasteiger partial charge on any atom is -0.490 e. The lowest BCUT2D eigenvalue weighted by Gasteiger charge is -2.18. The predicted molar refractivity (Wildman–Crippen MR) is 184 cm³/mol. The maximum atomic E-state index is 11.9. The van der Waals surface area contributed by atoms with E-state index < -0.39 is 0 Å². The van der Waals surface area contributed by atoms with Crippen molar-refractivity contribution < 1.29 is 42.8 Å². The average Bonchev–Trinajstić information content (AvgIpc) is 3.33. The third-order valence-electron chi connectivity index (χ3n) is 7.71. The van der Waals surface area contributed by atoms with Crippen molar-refractivity contribution in [3.8, 4) is 34.5 Å². The fourth-order valence-corrected chi connectivity index (χ4v) is 4.97. The van der Waals surface area contributed by atoms with Crippen LogP contribution in [0.4, 0.5) is 0 Å². The molecule has 0 aromatic heterocycles. The zero-order valence-electron chi connectivity index (χ0n) is 29.0. The number of hydrogen-bond donors (Lipinski definition) is 0. The van der Waals surface area contributed by atoms with E-state index in [2.05, 4.69) is 0 Å². The molecule has 3 aromatic rings. The topological polar surface area (TPSA) is 107 Å². The van der Waals surface area contributed by atoms with Gasteiger partial charge in [0.25, 0.3) is 0 Å². The summed E-state index contributed by atoms with van der Waals surface area (Å²) in [7, 11) is 0. The molecule has 0 radical (unpaired) electrons. The molecule has 0 unspecified atom stereocenters. The maximum Gasteiger partial charge on any atom is 0.165 e. The molecule has 9 heteroatoms. The van der Waals surface area contributed by atoms with Crippen LogP contribution < -0.4 is 28.4 Å². The second kappa shape index (κ2) is 17.6. The molecule has 258 valence electrons. The first-order chi connectivity index (χ1) is 23.0. The van der Waals surface area contributed by atoms with Gasteiger partial charge in [-0.2, -0.15) is 0 Å². The smallest absolute Gasteiger partial charge is 0.165 e. The van der Waals surface area contributed by atoms with Crippen LogP contribution in [0.5, 0.6) is 34.5 Å². The maximum absolute atomic E-state index is 11.9. The van der Waals surface area contributed by atoms with Gasteiger partial charge >= 0.3 is 0 Å². The molecular weight excluding hydrogens is 612 g/mol. The summed E-state index contributed by atoms with van der Waals surface area (Å²) in [5.41, 5.74) is 2.08. The molecule has 0 amide bonds. The van der Waals surface area contributed by atoms with E-state index in [-0.39, 0.29) is 35.1 Å². The van der Waals surface area contributed by atoms with Crippen LogP contribution in [0.1, 0.15) is 91.9 Å². The number of Topliss-reactive ketones (excluding diaryl/α,β-unsaturated/α-hetero) is 3. The van der Waals surface area contributed by atoms with Gasteiger partial charge < -0.3 is 28.4 Å². The van der Waals surface area contributed by atoms with Crippen LogP contribution in [0.3, 0.4) is 0 Å². The summed E-state index contributed by atoms with van der Waals surface area (Å²) in [6, 6.07) is 16.2. The first-order valence-electron chi connectivity index (χ1n) is 16.9. The molecule has 0 spiro atoms. The monoisotopic (exact) mass is 660 g/mol. The third kappa shape index (κ3) is 9.99. The van der Waals surface area contributed by atoms with E-state index in [0.717, 1.165) is 36.5 Å². The van der Waals surface area contributed by atoms with Gasteiger partial charge in [0.2, 0.25) is 0 Å². The van der Waals surface area contributed by atoms with Crippen molar-refractivity contribution in [2.45, 2.75) is 60.8 Å². The Morgan fingerprint density at radius 1 is 0.396 bits per heavy atom. The Morgan fingerprint density at radius 3 is 1.00 bits per heavy atom. The normalized spacial score (nSPS) is 14.7. The molecule has 3 aliphatic rings. The van der Waals surface area contributed by atoms with Crippen molar-refractivity contribution in [2.24, 2.45) is 17.8 Å². The zero-order valence-corrected chi connectivity index (χ0v) is 29.0. The SMILES string of the molecule is CC(C)C(=O)c1ccc2c(c1)OCCCCO2.CC(C)C(=O)c1ccc2c(c1)OCCCO2.CC(C)C(=O)c1ccc2c(c1)OCCO2. The number of carbonyl (C=O) groups excluding carboxylic acids is 3. The van der Waals surface area contributed by atoms with Crippen LogP contribution >= 0.6 is 0 Å². The van der Waals surface area contributed by atoms with E-state index in [1.54, 1.807) is 36.4 Å². The standard InChI is InChI=1S/C14H18O3.C13H16O3.C12H14O3/c1-10(2)14(15)11-5-6-12-13(9-11)17-8-4-3-7-16-12;1-9(2)13(14)10-4-5-11-12(8-10)16-7-3-6-15-11;1-8(2)12(13)9-3-4-10-11(7-9)15-6-5-14-10/h5-6,9-10H,3-4,7-8H2,1-2H3;4-5,8-9H,3,6-7H2,1-2H3;3-4,7-8H,5-6H2,1-2H3. The molecule has 6 rings (SSSR count). The molecule has 0 atom stereocenters. The Kier molecular flexibility index (Phi) is 13.3. The van der Waals surface area contributed by atoms with Crippen molar-refractivity contribution in [2.75, 3.05) is 39.6 Å². The summed E-state index contributed by atoms with van der Waals surface area (Å²) in [5, 5.41) is 0. The van der Waals surface area contributed by atoms with Gasteiger partial charge in [0.1, 0.15) is 13.2 Å². The average molecular weight is 661 g/mol. The van der Waals surface area contributed by atoms with E-state index in [0.29, 0.717) is 73.6 Å². The van der Waals surface area contributed by atoms with Gasteiger partial charge in [-0.3, -0.25) is 14.4 Å². The summed E-state index contributed by atoms with van der Waals surface area (Å²) in [6.45, 7) is 15.2. The highest BCUT2D eigenvalue weighted by Crippen LogP contribution is 2.33. The van der Waals surface area contributed by atoms with Gasteiger partial charge in [-0.15, -0.1) is 0 Å². The van der Waals surface area contributed by atoms with Gasteiger partial charge in [0.15, 0.2) is 51.8 Å². The molecular formula is C39H48O9. The molecule has 48 heavy (non-hydrogen) atoms. The highest BCUT2D eigenvalue weighted by atomic mass is 16.6. The predicted octanol–water partition coefficient (Wildman–Crippen LogP) is 8.06. The summed E-state index contributed by atoms with van der Waals surface area (Å²) in [6.07, 6.45) is 2.87. The van der Waals surface area contributed by atoms with Crippen molar-refractivity contribution in [3.05, 3.63) is 71.3 Å². The number of fused-ring (bicyclic) bond motifs is 3. The van der Waals surface area contributed by atoms with Gasteiger partial charge in [-0.1, -0.05) is 41.5 Å². The number of benzene rings is 3. The fourth-order valence-electron chi connectivity index (χ4n) is 4.97. The van der Waals surface area contributed by atoms with E-state index in [9.17, 15) is 14.4 Å². The second-order valence-electron chi connectivity index (χ2n) is 12.7. The number of ketones is 3. The van der Waals surface area contributed by atoms with Crippen molar-refractivity contribution in [3.63, 3.8) is 0 Å². The van der Waals surface area contributed by atoms with Gasteiger partial charge in [0.05, 0.1) is 26.4 Å².